The molecule has 0 fully saturated rings. The molecule has 1 amide bonds. The van der Waals surface area contributed by atoms with Gasteiger partial charge in [0.15, 0.2) is 0 Å². The van der Waals surface area contributed by atoms with Gasteiger partial charge in [-0.15, -0.1) is 0 Å². The van der Waals surface area contributed by atoms with Crippen molar-refractivity contribution in [2.45, 2.75) is 32.9 Å². The Bertz CT molecular complexity index is 483. The number of hydrogen-bond donors (Lipinski definition) is 2. The van der Waals surface area contributed by atoms with Crippen molar-refractivity contribution in [1.29, 1.82) is 0 Å². The van der Waals surface area contributed by atoms with Crippen molar-refractivity contribution in [3.8, 4) is 5.75 Å². The Kier molecular flexibility index (Phi) is 6.84. The smallest absolute Gasteiger partial charge is 0.387 e. The van der Waals surface area contributed by atoms with Gasteiger partial charge in [0.2, 0.25) is 0 Å². The normalized spacial score (nSPS) is 12.6. The average Bonchev–Trinajstić information content (AvgIpc) is 2.38. The van der Waals surface area contributed by atoms with Crippen LogP contribution in [0.1, 0.15) is 30.6 Å². The quantitative estimate of drug-likeness (QED) is 0.811. The van der Waals surface area contributed by atoms with E-state index in [0.29, 0.717) is 6.42 Å². The van der Waals surface area contributed by atoms with Crippen LogP contribution in [0.3, 0.4) is 0 Å². The number of amides is 1. The zero-order chi connectivity index (χ0) is 16.0. The number of ether oxygens (including phenoxy) is 1. The van der Waals surface area contributed by atoms with Gasteiger partial charge in [-0.05, 0) is 30.5 Å². The molecule has 1 rings (SSSR count). The molecule has 0 radical (unpaired) electrons. The monoisotopic (exact) mass is 321 g/mol. The number of carbonyl (C=O) groups excluding carboxylic acids is 1. The topological polar surface area (TPSA) is 58.6 Å². The molecular formula is C14H18ClF2NO3. The summed E-state index contributed by atoms with van der Waals surface area (Å²) in [5.74, 6) is -0.611. The Morgan fingerprint density at radius 2 is 2.10 bits per heavy atom. The Hall–Kier alpha value is -1.40. The van der Waals surface area contributed by atoms with Gasteiger partial charge in [0.05, 0.1) is 18.2 Å². The van der Waals surface area contributed by atoms with Gasteiger partial charge < -0.3 is 15.2 Å². The highest BCUT2D eigenvalue weighted by molar-refractivity contribution is 6.31. The maximum absolute atomic E-state index is 12.3. The minimum atomic E-state index is -3.04. The Labute approximate surface area is 127 Å². The van der Waals surface area contributed by atoms with E-state index in [-0.39, 0.29) is 28.9 Å². The lowest BCUT2D eigenvalue weighted by Gasteiger charge is -2.19. The summed E-state index contributed by atoms with van der Waals surface area (Å²) in [5, 5.41) is 12.1. The third kappa shape index (κ3) is 5.85. The Balaban J connectivity index is 2.91. The van der Waals surface area contributed by atoms with E-state index in [1.807, 2.05) is 13.8 Å². The molecule has 118 valence electrons. The summed E-state index contributed by atoms with van der Waals surface area (Å²) in [7, 11) is 0. The molecule has 1 atom stereocenters. The minimum Gasteiger partial charge on any atom is -0.434 e. The van der Waals surface area contributed by atoms with Crippen LogP contribution >= 0.6 is 11.6 Å². The minimum absolute atomic E-state index is 0.0926. The first kappa shape index (κ1) is 17.7. The zero-order valence-corrected chi connectivity index (χ0v) is 12.5. The molecule has 0 aromatic heterocycles. The van der Waals surface area contributed by atoms with Crippen LogP contribution in [0.2, 0.25) is 5.02 Å². The molecule has 0 aliphatic rings. The third-order valence-electron chi connectivity index (χ3n) is 2.71. The van der Waals surface area contributed by atoms with Gasteiger partial charge in [-0.2, -0.15) is 8.78 Å². The predicted molar refractivity (Wildman–Crippen MR) is 75.9 cm³/mol. The van der Waals surface area contributed by atoms with E-state index in [9.17, 15) is 18.7 Å². The molecule has 1 aromatic carbocycles. The summed E-state index contributed by atoms with van der Waals surface area (Å²) in [6, 6.07) is 3.35. The number of aliphatic hydroxyl groups excluding tert-OH is 1. The van der Waals surface area contributed by atoms with E-state index in [1.54, 1.807) is 0 Å². The van der Waals surface area contributed by atoms with E-state index in [2.05, 4.69) is 10.1 Å². The lowest BCUT2D eigenvalue weighted by atomic mass is 10.0. The third-order valence-corrected chi connectivity index (χ3v) is 2.95. The number of hydrogen-bond acceptors (Lipinski definition) is 3. The lowest BCUT2D eigenvalue weighted by Crippen LogP contribution is -2.38. The fourth-order valence-electron chi connectivity index (χ4n) is 1.89. The fraction of sp³-hybridized carbons (Fsp3) is 0.500. The number of aliphatic hydroxyl groups is 1. The molecule has 2 N–H and O–H groups in total. The molecule has 0 heterocycles. The van der Waals surface area contributed by atoms with Crippen LogP contribution in [-0.4, -0.2) is 30.3 Å². The Morgan fingerprint density at radius 1 is 1.43 bits per heavy atom. The standard InChI is InChI=1S/C14H18ClF2NO3/c1-8(2)5-10(7-19)18-13(20)11-6-9(15)3-4-12(11)21-14(16)17/h3-4,6,8,10,14,19H,5,7H2,1-2H3,(H,18,20). The number of carbonyl (C=O) groups is 1. The van der Waals surface area contributed by atoms with Crippen molar-refractivity contribution < 1.29 is 23.4 Å². The molecule has 21 heavy (non-hydrogen) atoms. The molecule has 0 saturated carbocycles. The number of halogens is 3. The van der Waals surface area contributed by atoms with E-state index in [0.717, 1.165) is 0 Å². The molecule has 0 aliphatic carbocycles. The molecule has 0 spiro atoms. The van der Waals surface area contributed by atoms with E-state index in [4.69, 9.17) is 11.6 Å². The van der Waals surface area contributed by atoms with Crippen molar-refractivity contribution in [1.82, 2.24) is 5.32 Å². The summed E-state index contributed by atoms with van der Waals surface area (Å²) >= 11 is 5.78. The maximum atomic E-state index is 12.3. The van der Waals surface area contributed by atoms with Crippen molar-refractivity contribution in [2.24, 2.45) is 5.92 Å². The van der Waals surface area contributed by atoms with Crippen LogP contribution in [-0.2, 0) is 0 Å². The Morgan fingerprint density at radius 3 is 2.62 bits per heavy atom. The first-order chi connectivity index (χ1) is 9.83. The number of alkyl halides is 2. The van der Waals surface area contributed by atoms with Crippen molar-refractivity contribution in [2.75, 3.05) is 6.61 Å². The van der Waals surface area contributed by atoms with E-state index in [1.165, 1.54) is 18.2 Å². The van der Waals surface area contributed by atoms with Crippen molar-refractivity contribution >= 4 is 17.5 Å². The zero-order valence-electron chi connectivity index (χ0n) is 11.8. The highest BCUT2D eigenvalue weighted by atomic mass is 35.5. The second-order valence-corrected chi connectivity index (χ2v) is 5.44. The van der Waals surface area contributed by atoms with Crippen molar-refractivity contribution in [3.63, 3.8) is 0 Å². The van der Waals surface area contributed by atoms with Gasteiger partial charge in [-0.25, -0.2) is 0 Å². The molecule has 0 aliphatic heterocycles. The van der Waals surface area contributed by atoms with Gasteiger partial charge >= 0.3 is 6.61 Å². The van der Waals surface area contributed by atoms with Gasteiger partial charge in [0.1, 0.15) is 5.75 Å². The van der Waals surface area contributed by atoms with Crippen LogP contribution in [0.4, 0.5) is 8.78 Å². The molecule has 1 aromatic rings. The summed E-state index contributed by atoms with van der Waals surface area (Å²) in [6.45, 7) is 0.608. The van der Waals surface area contributed by atoms with Crippen LogP contribution in [0, 0.1) is 5.92 Å². The average molecular weight is 322 g/mol. The number of nitrogens with one attached hydrogen (secondary N) is 1. The largest absolute Gasteiger partial charge is 0.434 e. The summed E-state index contributed by atoms with van der Waals surface area (Å²) in [6.07, 6.45) is 0.563. The highest BCUT2D eigenvalue weighted by Gasteiger charge is 2.19. The van der Waals surface area contributed by atoms with Crippen LogP contribution in [0.15, 0.2) is 18.2 Å². The molecule has 1 unspecified atom stereocenters. The molecular weight excluding hydrogens is 304 g/mol. The van der Waals surface area contributed by atoms with Crippen LogP contribution < -0.4 is 10.1 Å². The predicted octanol–water partition coefficient (Wildman–Crippen LogP) is 3.08. The second-order valence-electron chi connectivity index (χ2n) is 5.00. The second kappa shape index (κ2) is 8.14. The summed E-state index contributed by atoms with van der Waals surface area (Å²) in [5.41, 5.74) is -0.0926. The molecule has 0 saturated heterocycles. The summed E-state index contributed by atoms with van der Waals surface area (Å²) in [4.78, 5) is 12.1. The van der Waals surface area contributed by atoms with Gasteiger partial charge in [0.25, 0.3) is 5.91 Å². The maximum Gasteiger partial charge on any atom is 0.387 e. The van der Waals surface area contributed by atoms with E-state index >= 15 is 0 Å². The molecule has 7 heteroatoms. The van der Waals surface area contributed by atoms with Crippen LogP contribution in [0.25, 0.3) is 0 Å². The van der Waals surface area contributed by atoms with Gasteiger partial charge in [0, 0.05) is 5.02 Å². The number of rotatable bonds is 7. The van der Waals surface area contributed by atoms with Crippen molar-refractivity contribution in [3.05, 3.63) is 28.8 Å². The first-order valence-electron chi connectivity index (χ1n) is 6.49. The van der Waals surface area contributed by atoms with E-state index < -0.39 is 18.6 Å². The summed E-state index contributed by atoms with van der Waals surface area (Å²) < 4.78 is 29.0. The highest BCUT2D eigenvalue weighted by Crippen LogP contribution is 2.24. The first-order valence-corrected chi connectivity index (χ1v) is 6.87. The van der Waals surface area contributed by atoms with Gasteiger partial charge in [-0.1, -0.05) is 25.4 Å². The van der Waals surface area contributed by atoms with Crippen LogP contribution in [0.5, 0.6) is 5.75 Å². The lowest BCUT2D eigenvalue weighted by molar-refractivity contribution is -0.0501. The number of benzene rings is 1. The fourth-order valence-corrected chi connectivity index (χ4v) is 2.06. The molecule has 0 bridgehead atoms. The SMILES string of the molecule is CC(C)CC(CO)NC(=O)c1cc(Cl)ccc1OC(F)F. The van der Waals surface area contributed by atoms with Gasteiger partial charge in [-0.3, -0.25) is 4.79 Å². The molecule has 4 nitrogen and oxygen atoms in total.